The lowest BCUT2D eigenvalue weighted by Gasteiger charge is -2.39. The summed E-state index contributed by atoms with van der Waals surface area (Å²) < 4.78 is 5.64. The van der Waals surface area contributed by atoms with Gasteiger partial charge in [0.2, 0.25) is 5.91 Å². The lowest BCUT2D eigenvalue weighted by molar-refractivity contribution is -0.138. The fourth-order valence-corrected chi connectivity index (χ4v) is 2.69. The van der Waals surface area contributed by atoms with Crippen LogP contribution in [0.3, 0.4) is 0 Å². The van der Waals surface area contributed by atoms with E-state index in [-0.39, 0.29) is 12.0 Å². The van der Waals surface area contributed by atoms with Crippen molar-refractivity contribution in [2.24, 2.45) is 0 Å². The van der Waals surface area contributed by atoms with E-state index in [1.165, 1.54) is 6.42 Å². The van der Waals surface area contributed by atoms with E-state index in [0.29, 0.717) is 18.5 Å². The van der Waals surface area contributed by atoms with Gasteiger partial charge in [-0.1, -0.05) is 0 Å². The van der Waals surface area contributed by atoms with Gasteiger partial charge in [0, 0.05) is 31.8 Å². The minimum absolute atomic E-state index is 0.161. The minimum Gasteiger partial charge on any atom is -0.378 e. The Bertz CT molecular complexity index is 264. The molecule has 2 fully saturated rings. The van der Waals surface area contributed by atoms with Crippen LogP contribution in [-0.4, -0.2) is 48.7 Å². The maximum absolute atomic E-state index is 12.2. The fraction of sp³-hybridized carbons (Fsp3) is 0.923. The Balaban J connectivity index is 1.85. The molecule has 0 aromatic carbocycles. The minimum atomic E-state index is 0.161. The van der Waals surface area contributed by atoms with Crippen molar-refractivity contribution < 1.29 is 9.53 Å². The van der Waals surface area contributed by atoms with Gasteiger partial charge < -0.3 is 15.0 Å². The SMILES string of the molecule is CC1NCCN(C(=O)CC2CCCCO2)C1C. The monoisotopic (exact) mass is 240 g/mol. The second kappa shape index (κ2) is 5.83. The Hall–Kier alpha value is -0.610. The van der Waals surface area contributed by atoms with Gasteiger partial charge >= 0.3 is 0 Å². The van der Waals surface area contributed by atoms with E-state index in [9.17, 15) is 4.79 Å². The molecule has 1 N–H and O–H groups in total. The number of nitrogens with one attached hydrogen (secondary N) is 1. The van der Waals surface area contributed by atoms with E-state index >= 15 is 0 Å². The number of nitrogens with zero attached hydrogens (tertiary/aromatic N) is 1. The molecule has 3 unspecified atom stereocenters. The zero-order chi connectivity index (χ0) is 12.3. The van der Waals surface area contributed by atoms with Crippen LogP contribution in [0, 0.1) is 0 Å². The van der Waals surface area contributed by atoms with Gasteiger partial charge in [-0.25, -0.2) is 0 Å². The Labute approximate surface area is 104 Å². The van der Waals surface area contributed by atoms with E-state index in [1.54, 1.807) is 0 Å². The van der Waals surface area contributed by atoms with Crippen molar-refractivity contribution in [1.82, 2.24) is 10.2 Å². The molecule has 0 aromatic heterocycles. The van der Waals surface area contributed by atoms with Crippen LogP contribution in [-0.2, 0) is 9.53 Å². The summed E-state index contributed by atoms with van der Waals surface area (Å²) in [5.41, 5.74) is 0. The van der Waals surface area contributed by atoms with Crippen LogP contribution in [0.5, 0.6) is 0 Å². The van der Waals surface area contributed by atoms with E-state index in [0.717, 1.165) is 32.5 Å². The van der Waals surface area contributed by atoms with Gasteiger partial charge in [0.1, 0.15) is 0 Å². The highest BCUT2D eigenvalue weighted by molar-refractivity contribution is 5.77. The first kappa shape index (κ1) is 12.8. The van der Waals surface area contributed by atoms with Crippen molar-refractivity contribution >= 4 is 5.91 Å². The topological polar surface area (TPSA) is 41.6 Å². The summed E-state index contributed by atoms with van der Waals surface area (Å²) in [5, 5.41) is 3.40. The predicted molar refractivity (Wildman–Crippen MR) is 66.8 cm³/mol. The molecule has 1 amide bonds. The summed E-state index contributed by atoms with van der Waals surface area (Å²) in [6.45, 7) is 6.82. The van der Waals surface area contributed by atoms with Crippen LogP contribution in [0.1, 0.15) is 39.5 Å². The first-order chi connectivity index (χ1) is 8.18. The van der Waals surface area contributed by atoms with Crippen LogP contribution in [0.2, 0.25) is 0 Å². The average Bonchev–Trinajstić information content (AvgIpc) is 2.34. The number of piperazine rings is 1. The number of amides is 1. The van der Waals surface area contributed by atoms with Gasteiger partial charge in [0.25, 0.3) is 0 Å². The molecule has 0 spiro atoms. The molecule has 4 heteroatoms. The fourth-order valence-electron chi connectivity index (χ4n) is 2.69. The summed E-state index contributed by atoms with van der Waals surface area (Å²) in [6.07, 6.45) is 4.12. The second-order valence-electron chi connectivity index (χ2n) is 5.26. The van der Waals surface area contributed by atoms with Gasteiger partial charge in [-0.2, -0.15) is 0 Å². The van der Waals surface area contributed by atoms with Crippen LogP contribution in [0.4, 0.5) is 0 Å². The molecule has 98 valence electrons. The quantitative estimate of drug-likeness (QED) is 0.787. The molecule has 2 rings (SSSR count). The molecule has 0 bridgehead atoms. The lowest BCUT2D eigenvalue weighted by atomic mass is 10.0. The molecule has 17 heavy (non-hydrogen) atoms. The number of carbonyl (C=O) groups excluding carboxylic acids is 1. The molecule has 3 atom stereocenters. The van der Waals surface area contributed by atoms with E-state index < -0.39 is 0 Å². The molecular formula is C13H24N2O2. The first-order valence-corrected chi connectivity index (χ1v) is 6.83. The predicted octanol–water partition coefficient (Wildman–Crippen LogP) is 1.15. The van der Waals surface area contributed by atoms with Gasteiger partial charge in [-0.05, 0) is 33.1 Å². The van der Waals surface area contributed by atoms with Crippen molar-refractivity contribution in [3.8, 4) is 0 Å². The third-order valence-corrected chi connectivity index (χ3v) is 4.03. The highest BCUT2D eigenvalue weighted by atomic mass is 16.5. The molecule has 0 aliphatic carbocycles. The summed E-state index contributed by atoms with van der Waals surface area (Å²) >= 11 is 0. The van der Waals surface area contributed by atoms with Gasteiger partial charge in [-0.15, -0.1) is 0 Å². The maximum atomic E-state index is 12.2. The molecule has 2 saturated heterocycles. The van der Waals surface area contributed by atoms with E-state index in [4.69, 9.17) is 4.74 Å². The first-order valence-electron chi connectivity index (χ1n) is 6.83. The largest absolute Gasteiger partial charge is 0.378 e. The van der Waals surface area contributed by atoms with Crippen molar-refractivity contribution in [3.05, 3.63) is 0 Å². The summed E-state index contributed by atoms with van der Waals surface area (Å²) in [5.74, 6) is 0.262. The van der Waals surface area contributed by atoms with Crippen LogP contribution in [0.25, 0.3) is 0 Å². The average molecular weight is 240 g/mol. The number of ether oxygens (including phenoxy) is 1. The number of carbonyl (C=O) groups is 1. The number of hydrogen-bond donors (Lipinski definition) is 1. The Kier molecular flexibility index (Phi) is 4.40. The number of hydrogen-bond acceptors (Lipinski definition) is 3. The number of rotatable bonds is 2. The third-order valence-electron chi connectivity index (χ3n) is 4.03. The molecular weight excluding hydrogens is 216 g/mol. The normalized spacial score (nSPS) is 34.7. The molecule has 0 saturated carbocycles. The van der Waals surface area contributed by atoms with Crippen LogP contribution in [0.15, 0.2) is 0 Å². The molecule has 2 aliphatic heterocycles. The molecule has 2 aliphatic rings. The summed E-state index contributed by atoms with van der Waals surface area (Å²) in [7, 11) is 0. The second-order valence-corrected chi connectivity index (χ2v) is 5.26. The molecule has 4 nitrogen and oxygen atoms in total. The third kappa shape index (κ3) is 3.19. The van der Waals surface area contributed by atoms with E-state index in [2.05, 4.69) is 19.2 Å². The molecule has 2 heterocycles. The van der Waals surface area contributed by atoms with Gasteiger partial charge in [0.05, 0.1) is 12.5 Å². The van der Waals surface area contributed by atoms with Gasteiger partial charge in [0.15, 0.2) is 0 Å². The Morgan fingerprint density at radius 2 is 2.24 bits per heavy atom. The lowest BCUT2D eigenvalue weighted by Crippen LogP contribution is -2.57. The highest BCUT2D eigenvalue weighted by Crippen LogP contribution is 2.18. The van der Waals surface area contributed by atoms with Crippen molar-refractivity contribution in [2.45, 2.75) is 57.7 Å². The summed E-state index contributed by atoms with van der Waals surface area (Å²) in [6, 6.07) is 0.680. The molecule has 0 radical (unpaired) electrons. The van der Waals surface area contributed by atoms with Crippen molar-refractivity contribution in [1.29, 1.82) is 0 Å². The van der Waals surface area contributed by atoms with Crippen LogP contribution < -0.4 is 5.32 Å². The van der Waals surface area contributed by atoms with Crippen LogP contribution >= 0.6 is 0 Å². The van der Waals surface area contributed by atoms with Gasteiger partial charge in [-0.3, -0.25) is 4.79 Å². The van der Waals surface area contributed by atoms with Crippen molar-refractivity contribution in [3.63, 3.8) is 0 Å². The van der Waals surface area contributed by atoms with E-state index in [1.807, 2.05) is 4.90 Å². The zero-order valence-electron chi connectivity index (χ0n) is 10.9. The Morgan fingerprint density at radius 1 is 1.41 bits per heavy atom. The molecule has 0 aromatic rings. The zero-order valence-corrected chi connectivity index (χ0v) is 10.9. The van der Waals surface area contributed by atoms with Crippen molar-refractivity contribution in [2.75, 3.05) is 19.7 Å². The standard InChI is InChI=1S/C13H24N2O2/c1-10-11(2)15(7-6-14-10)13(16)9-12-5-3-4-8-17-12/h10-12,14H,3-9H2,1-2H3. The maximum Gasteiger partial charge on any atom is 0.225 e. The summed E-state index contributed by atoms with van der Waals surface area (Å²) in [4.78, 5) is 14.3. The Morgan fingerprint density at radius 3 is 2.94 bits per heavy atom. The highest BCUT2D eigenvalue weighted by Gasteiger charge is 2.29. The smallest absolute Gasteiger partial charge is 0.225 e.